The van der Waals surface area contributed by atoms with Crippen molar-refractivity contribution in [2.75, 3.05) is 5.32 Å². The van der Waals surface area contributed by atoms with E-state index in [0.717, 1.165) is 0 Å². The van der Waals surface area contributed by atoms with Crippen molar-refractivity contribution in [2.24, 2.45) is 0 Å². The molecule has 2 rings (SSSR count). The normalized spacial score (nSPS) is 12.0. The lowest BCUT2D eigenvalue weighted by Crippen LogP contribution is -2.17. The number of hydrogen-bond acceptors (Lipinski definition) is 4. The summed E-state index contributed by atoms with van der Waals surface area (Å²) in [5, 5.41) is 20.6. The maximum absolute atomic E-state index is 12.5. The number of aliphatic hydroxyl groups is 1. The second-order valence-electron chi connectivity index (χ2n) is 4.92. The van der Waals surface area contributed by atoms with E-state index < -0.39 is 6.10 Å². The Kier molecular flexibility index (Phi) is 4.65. The summed E-state index contributed by atoms with van der Waals surface area (Å²) in [6.07, 6.45) is -0.0156. The highest BCUT2D eigenvalue weighted by Crippen LogP contribution is 2.23. The van der Waals surface area contributed by atoms with Gasteiger partial charge in [-0.2, -0.15) is 10.2 Å². The van der Waals surface area contributed by atoms with Crippen molar-refractivity contribution < 1.29 is 9.90 Å². The van der Waals surface area contributed by atoms with Crippen LogP contribution in [0.2, 0.25) is 0 Å². The van der Waals surface area contributed by atoms with Gasteiger partial charge in [0, 0.05) is 11.3 Å². The molecule has 1 heterocycles. The van der Waals surface area contributed by atoms with E-state index in [2.05, 4.69) is 15.5 Å². The van der Waals surface area contributed by atoms with Crippen molar-refractivity contribution in [3.63, 3.8) is 0 Å². The molecular formula is C16H19N3O2. The Labute approximate surface area is 124 Å². The predicted molar refractivity (Wildman–Crippen MR) is 81.2 cm³/mol. The Morgan fingerprint density at radius 1 is 1.33 bits per heavy atom. The van der Waals surface area contributed by atoms with Crippen LogP contribution in [0.15, 0.2) is 30.3 Å². The zero-order chi connectivity index (χ0) is 15.4. The third-order valence-electron chi connectivity index (χ3n) is 3.23. The van der Waals surface area contributed by atoms with Gasteiger partial charge in [-0.25, -0.2) is 0 Å². The number of hydrogen-bond donors (Lipinski definition) is 2. The van der Waals surface area contributed by atoms with E-state index in [9.17, 15) is 9.90 Å². The van der Waals surface area contributed by atoms with Crippen LogP contribution in [-0.2, 0) is 6.42 Å². The predicted octanol–water partition coefficient (Wildman–Crippen LogP) is 2.65. The first-order valence-corrected chi connectivity index (χ1v) is 6.94. The molecule has 1 aromatic carbocycles. The average molecular weight is 285 g/mol. The van der Waals surface area contributed by atoms with Gasteiger partial charge in [-0.3, -0.25) is 4.79 Å². The molecule has 0 spiro atoms. The molecule has 0 aliphatic heterocycles. The van der Waals surface area contributed by atoms with E-state index in [1.165, 1.54) is 0 Å². The smallest absolute Gasteiger partial charge is 0.257 e. The number of rotatable bonds is 4. The van der Waals surface area contributed by atoms with E-state index in [1.807, 2.05) is 19.1 Å². The van der Waals surface area contributed by atoms with Crippen LogP contribution in [0.3, 0.4) is 0 Å². The molecule has 0 saturated carbocycles. The summed E-state index contributed by atoms with van der Waals surface area (Å²) in [4.78, 5) is 12.5. The van der Waals surface area contributed by atoms with Gasteiger partial charge in [-0.05, 0) is 32.4 Å². The van der Waals surface area contributed by atoms with Crippen LogP contribution >= 0.6 is 0 Å². The second kappa shape index (κ2) is 6.45. The first-order chi connectivity index (χ1) is 10.0. The third-order valence-corrected chi connectivity index (χ3v) is 3.23. The molecule has 5 heteroatoms. The van der Waals surface area contributed by atoms with Gasteiger partial charge in [0.1, 0.15) is 0 Å². The molecule has 1 unspecified atom stereocenters. The number of para-hydroxylation sites is 1. The minimum atomic E-state index is -0.649. The molecule has 1 atom stereocenters. The van der Waals surface area contributed by atoms with Crippen molar-refractivity contribution in [3.05, 3.63) is 52.8 Å². The summed E-state index contributed by atoms with van der Waals surface area (Å²) in [5.74, 6) is -0.238. The molecule has 0 saturated heterocycles. The lowest BCUT2D eigenvalue weighted by Gasteiger charge is -2.14. The highest BCUT2D eigenvalue weighted by molar-refractivity contribution is 6.05. The fraction of sp³-hybridized carbons (Fsp3) is 0.312. The molecule has 0 radical (unpaired) electrons. The summed E-state index contributed by atoms with van der Waals surface area (Å²) in [7, 11) is 0. The van der Waals surface area contributed by atoms with Crippen molar-refractivity contribution in [1.82, 2.24) is 10.2 Å². The quantitative estimate of drug-likeness (QED) is 0.905. The van der Waals surface area contributed by atoms with Crippen LogP contribution in [0, 0.1) is 6.92 Å². The number of benzene rings is 1. The molecule has 2 aromatic rings. The number of aliphatic hydroxyl groups excluding tert-OH is 1. The molecule has 0 aliphatic rings. The lowest BCUT2D eigenvalue weighted by atomic mass is 10.1. The van der Waals surface area contributed by atoms with Gasteiger partial charge in [0.25, 0.3) is 5.91 Å². The van der Waals surface area contributed by atoms with Gasteiger partial charge in [0.05, 0.1) is 23.1 Å². The Balaban J connectivity index is 2.33. The first-order valence-electron chi connectivity index (χ1n) is 6.94. The molecule has 110 valence electrons. The Morgan fingerprint density at radius 2 is 2.05 bits per heavy atom. The number of aromatic nitrogens is 2. The number of carbonyl (C=O) groups excluding carboxylic acids is 1. The van der Waals surface area contributed by atoms with E-state index in [0.29, 0.717) is 34.6 Å². The van der Waals surface area contributed by atoms with Crippen molar-refractivity contribution >= 4 is 11.6 Å². The average Bonchev–Trinajstić information content (AvgIpc) is 2.47. The molecule has 0 fully saturated rings. The highest BCUT2D eigenvalue weighted by atomic mass is 16.3. The van der Waals surface area contributed by atoms with Crippen LogP contribution in [0.4, 0.5) is 5.69 Å². The molecule has 5 nitrogen and oxygen atoms in total. The van der Waals surface area contributed by atoms with Gasteiger partial charge < -0.3 is 10.4 Å². The molecule has 2 N–H and O–H groups in total. The molecule has 21 heavy (non-hydrogen) atoms. The summed E-state index contributed by atoms with van der Waals surface area (Å²) < 4.78 is 0. The van der Waals surface area contributed by atoms with Gasteiger partial charge in [-0.15, -0.1) is 0 Å². The molecule has 1 amide bonds. The van der Waals surface area contributed by atoms with Crippen LogP contribution in [0.25, 0.3) is 0 Å². The summed E-state index contributed by atoms with van der Waals surface area (Å²) >= 11 is 0. The van der Waals surface area contributed by atoms with Crippen LogP contribution in [0.5, 0.6) is 0 Å². The van der Waals surface area contributed by atoms with Crippen LogP contribution in [0.1, 0.15) is 47.3 Å². The van der Waals surface area contributed by atoms with Crippen molar-refractivity contribution in [1.29, 1.82) is 0 Å². The Hall–Kier alpha value is -2.27. The molecule has 0 bridgehead atoms. The van der Waals surface area contributed by atoms with Crippen molar-refractivity contribution in [3.8, 4) is 0 Å². The van der Waals surface area contributed by atoms with Crippen LogP contribution < -0.4 is 5.32 Å². The SMILES string of the molecule is CCc1nnc(C)cc1C(=O)Nc1ccccc1C(C)O. The topological polar surface area (TPSA) is 75.1 Å². The summed E-state index contributed by atoms with van der Waals surface area (Å²) in [6, 6.07) is 8.93. The van der Waals surface area contributed by atoms with Crippen molar-refractivity contribution in [2.45, 2.75) is 33.3 Å². The number of anilines is 1. The standard InChI is InChI=1S/C16H19N3O2/c1-4-14-13(9-10(2)18-19-14)16(21)17-15-8-6-5-7-12(15)11(3)20/h5-9,11,20H,4H2,1-3H3,(H,17,21). The van der Waals surface area contributed by atoms with Gasteiger partial charge >= 0.3 is 0 Å². The molecular weight excluding hydrogens is 266 g/mol. The minimum Gasteiger partial charge on any atom is -0.389 e. The Morgan fingerprint density at radius 3 is 2.71 bits per heavy atom. The molecule has 1 aromatic heterocycles. The number of nitrogens with zero attached hydrogens (tertiary/aromatic N) is 2. The third kappa shape index (κ3) is 3.44. The van der Waals surface area contributed by atoms with E-state index in [1.54, 1.807) is 32.0 Å². The first kappa shape index (κ1) is 15.1. The van der Waals surface area contributed by atoms with Crippen LogP contribution in [-0.4, -0.2) is 21.2 Å². The van der Waals surface area contributed by atoms with E-state index in [-0.39, 0.29) is 5.91 Å². The monoisotopic (exact) mass is 285 g/mol. The zero-order valence-corrected chi connectivity index (χ0v) is 12.4. The lowest BCUT2D eigenvalue weighted by molar-refractivity contribution is 0.102. The summed E-state index contributed by atoms with van der Waals surface area (Å²) in [6.45, 7) is 5.40. The number of aryl methyl sites for hydroxylation is 2. The second-order valence-corrected chi connectivity index (χ2v) is 4.92. The van der Waals surface area contributed by atoms with E-state index in [4.69, 9.17) is 0 Å². The zero-order valence-electron chi connectivity index (χ0n) is 12.4. The maximum atomic E-state index is 12.5. The van der Waals surface area contributed by atoms with Gasteiger partial charge in [-0.1, -0.05) is 25.1 Å². The maximum Gasteiger partial charge on any atom is 0.257 e. The fourth-order valence-electron chi connectivity index (χ4n) is 2.14. The fourth-order valence-corrected chi connectivity index (χ4v) is 2.14. The Bertz CT molecular complexity index is 654. The van der Waals surface area contributed by atoms with E-state index >= 15 is 0 Å². The van der Waals surface area contributed by atoms with Gasteiger partial charge in [0.2, 0.25) is 0 Å². The summed E-state index contributed by atoms with van der Waals surface area (Å²) in [5.41, 5.74) is 3.16. The number of carbonyl (C=O) groups is 1. The molecule has 0 aliphatic carbocycles. The number of amides is 1. The highest BCUT2D eigenvalue weighted by Gasteiger charge is 2.15. The largest absolute Gasteiger partial charge is 0.389 e. The number of nitrogens with one attached hydrogen (secondary N) is 1. The minimum absolute atomic E-state index is 0.238. The van der Waals surface area contributed by atoms with Gasteiger partial charge in [0.15, 0.2) is 0 Å².